The van der Waals surface area contributed by atoms with E-state index in [4.69, 9.17) is 4.74 Å². The van der Waals surface area contributed by atoms with Crippen molar-refractivity contribution in [2.75, 3.05) is 12.4 Å². The second kappa shape index (κ2) is 7.38. The fourth-order valence-corrected chi connectivity index (χ4v) is 4.77. The summed E-state index contributed by atoms with van der Waals surface area (Å²) in [7, 11) is 1.51. The molecule has 5 nitrogen and oxygen atoms in total. The van der Waals surface area contributed by atoms with Gasteiger partial charge in [-0.2, -0.15) is 0 Å². The molecular formula is C19H17FN2O3S2. The quantitative estimate of drug-likeness (QED) is 0.640. The molecule has 2 aromatic heterocycles. The predicted molar refractivity (Wildman–Crippen MR) is 105 cm³/mol. The van der Waals surface area contributed by atoms with Gasteiger partial charge in [0, 0.05) is 28.8 Å². The van der Waals surface area contributed by atoms with E-state index in [1.165, 1.54) is 35.8 Å². The molecule has 0 saturated heterocycles. The lowest BCUT2D eigenvalue weighted by molar-refractivity contribution is 0.0952. The van der Waals surface area contributed by atoms with E-state index in [1.54, 1.807) is 23.6 Å². The minimum Gasteiger partial charge on any atom is -0.380 e. The molecule has 2 heterocycles. The van der Waals surface area contributed by atoms with Gasteiger partial charge in [0.05, 0.1) is 17.0 Å². The molecule has 0 unspecified atom stereocenters. The van der Waals surface area contributed by atoms with Gasteiger partial charge in [-0.3, -0.25) is 9.59 Å². The molecule has 4 rings (SSSR count). The summed E-state index contributed by atoms with van der Waals surface area (Å²) in [4.78, 5) is 25.6. The highest BCUT2D eigenvalue weighted by Crippen LogP contribution is 2.35. The Balaban J connectivity index is 1.64. The van der Waals surface area contributed by atoms with Crippen molar-refractivity contribution in [3.8, 4) is 0 Å². The van der Waals surface area contributed by atoms with Gasteiger partial charge >= 0.3 is 0 Å². The molecule has 3 aromatic rings. The fraction of sp³-hybridized carbons (Fsp3) is 0.263. The Kier molecular flexibility index (Phi) is 4.94. The topological polar surface area (TPSA) is 67.4 Å². The van der Waals surface area contributed by atoms with Crippen LogP contribution in [-0.2, 0) is 11.3 Å². The Morgan fingerprint density at radius 2 is 2.07 bits per heavy atom. The van der Waals surface area contributed by atoms with Gasteiger partial charge in [-0.15, -0.1) is 22.7 Å². The van der Waals surface area contributed by atoms with Crippen LogP contribution in [0.1, 0.15) is 38.4 Å². The molecule has 1 aromatic carbocycles. The normalized spacial score (nSPS) is 13.7. The summed E-state index contributed by atoms with van der Waals surface area (Å²) >= 11 is 2.50. The number of nitrogens with one attached hydrogen (secondary N) is 2. The number of amides is 2. The summed E-state index contributed by atoms with van der Waals surface area (Å²) in [5, 5.41) is 8.39. The predicted octanol–water partition coefficient (Wildman–Crippen LogP) is 4.39. The lowest BCUT2D eigenvalue weighted by atomic mass is 10.1. The number of fused-ring (bicyclic) bond motifs is 1. The highest BCUT2D eigenvalue weighted by molar-refractivity contribution is 7.21. The van der Waals surface area contributed by atoms with Crippen molar-refractivity contribution in [1.82, 2.24) is 5.32 Å². The molecule has 2 amide bonds. The van der Waals surface area contributed by atoms with Crippen LogP contribution in [-0.4, -0.2) is 25.0 Å². The second-order valence-electron chi connectivity index (χ2n) is 6.32. The number of thiophene rings is 2. The number of benzene rings is 1. The van der Waals surface area contributed by atoms with E-state index in [0.29, 0.717) is 31.1 Å². The van der Waals surface area contributed by atoms with Gasteiger partial charge in [-0.1, -0.05) is 6.07 Å². The zero-order chi connectivity index (χ0) is 19.0. The first-order chi connectivity index (χ1) is 13.1. The van der Waals surface area contributed by atoms with Gasteiger partial charge in [0.15, 0.2) is 0 Å². The number of carbonyl (C=O) groups is 2. The molecule has 27 heavy (non-hydrogen) atoms. The van der Waals surface area contributed by atoms with Crippen molar-refractivity contribution in [2.24, 2.45) is 0 Å². The molecule has 0 spiro atoms. The van der Waals surface area contributed by atoms with Crippen LogP contribution in [0.4, 0.5) is 9.39 Å². The smallest absolute Gasteiger partial charge is 0.266 e. The first-order valence-corrected chi connectivity index (χ1v) is 10.2. The van der Waals surface area contributed by atoms with E-state index >= 15 is 0 Å². The second-order valence-corrected chi connectivity index (χ2v) is 8.29. The fourth-order valence-electron chi connectivity index (χ4n) is 2.87. The summed E-state index contributed by atoms with van der Waals surface area (Å²) in [5.74, 6) is -0.936. The summed E-state index contributed by atoms with van der Waals surface area (Å²) in [5.41, 5.74) is 0.967. The average Bonchev–Trinajstić information content (AvgIpc) is 3.19. The molecule has 0 aliphatic heterocycles. The van der Waals surface area contributed by atoms with E-state index in [2.05, 4.69) is 10.6 Å². The maximum atomic E-state index is 14.3. The third kappa shape index (κ3) is 3.60. The SMILES string of the molecule is COCc1c(C(=O)Nc2sccc2C(=O)NC2CC2)sc2cccc(F)c12. The number of methoxy groups -OCH3 is 1. The summed E-state index contributed by atoms with van der Waals surface area (Å²) in [6.07, 6.45) is 1.98. The Morgan fingerprint density at radius 1 is 1.26 bits per heavy atom. The molecule has 1 saturated carbocycles. The Hall–Kier alpha value is -2.29. The molecule has 2 N–H and O–H groups in total. The minimum absolute atomic E-state index is 0.128. The molecule has 0 atom stereocenters. The highest BCUT2D eigenvalue weighted by Gasteiger charge is 2.26. The molecule has 1 aliphatic carbocycles. The standard InChI is InChI=1S/C19H17FN2O3S2/c1-25-9-12-15-13(20)3-2-4-14(15)27-16(12)18(24)22-19-11(7-8-26-19)17(23)21-10-5-6-10/h2-4,7-8,10H,5-6,9H2,1H3,(H,21,23)(H,22,24). The van der Waals surface area contributed by atoms with E-state index in [0.717, 1.165) is 12.8 Å². The summed E-state index contributed by atoms with van der Waals surface area (Å²) < 4.78 is 20.2. The van der Waals surface area contributed by atoms with Crippen molar-refractivity contribution >= 4 is 49.6 Å². The van der Waals surface area contributed by atoms with Crippen molar-refractivity contribution in [3.63, 3.8) is 0 Å². The molecular weight excluding hydrogens is 387 g/mol. The van der Waals surface area contributed by atoms with Crippen LogP contribution >= 0.6 is 22.7 Å². The number of rotatable bonds is 6. The number of hydrogen-bond acceptors (Lipinski definition) is 5. The van der Waals surface area contributed by atoms with Gasteiger partial charge in [0.25, 0.3) is 11.8 Å². The van der Waals surface area contributed by atoms with Crippen LogP contribution in [0.2, 0.25) is 0 Å². The van der Waals surface area contributed by atoms with Crippen LogP contribution in [0.3, 0.4) is 0 Å². The van der Waals surface area contributed by atoms with Crippen LogP contribution in [0.25, 0.3) is 10.1 Å². The van der Waals surface area contributed by atoms with Crippen LogP contribution in [0.15, 0.2) is 29.6 Å². The number of carbonyl (C=O) groups excluding carboxylic acids is 2. The number of anilines is 1. The van der Waals surface area contributed by atoms with Crippen LogP contribution in [0, 0.1) is 5.82 Å². The Morgan fingerprint density at radius 3 is 2.81 bits per heavy atom. The first-order valence-electron chi connectivity index (χ1n) is 8.47. The van der Waals surface area contributed by atoms with Crippen LogP contribution < -0.4 is 10.6 Å². The molecule has 0 bridgehead atoms. The van der Waals surface area contributed by atoms with Gasteiger partial charge in [0.1, 0.15) is 10.8 Å². The molecule has 0 radical (unpaired) electrons. The van der Waals surface area contributed by atoms with E-state index < -0.39 is 0 Å². The first kappa shape index (κ1) is 18.1. The van der Waals surface area contributed by atoms with Gasteiger partial charge in [0.2, 0.25) is 0 Å². The number of hydrogen-bond donors (Lipinski definition) is 2. The molecule has 1 fully saturated rings. The number of halogens is 1. The summed E-state index contributed by atoms with van der Waals surface area (Å²) in [6, 6.07) is 6.69. The van der Waals surface area contributed by atoms with Gasteiger partial charge < -0.3 is 15.4 Å². The molecule has 8 heteroatoms. The lowest BCUT2D eigenvalue weighted by Gasteiger charge is -2.08. The van der Waals surface area contributed by atoms with E-state index in [9.17, 15) is 14.0 Å². The molecule has 140 valence electrons. The van der Waals surface area contributed by atoms with Crippen molar-refractivity contribution < 1.29 is 18.7 Å². The maximum absolute atomic E-state index is 14.3. The van der Waals surface area contributed by atoms with E-state index in [-0.39, 0.29) is 30.3 Å². The Labute approximate surface area is 163 Å². The lowest BCUT2D eigenvalue weighted by Crippen LogP contribution is -2.26. The third-order valence-electron chi connectivity index (χ3n) is 4.31. The largest absolute Gasteiger partial charge is 0.380 e. The van der Waals surface area contributed by atoms with Gasteiger partial charge in [-0.25, -0.2) is 4.39 Å². The van der Waals surface area contributed by atoms with E-state index in [1.807, 2.05) is 0 Å². The maximum Gasteiger partial charge on any atom is 0.266 e. The van der Waals surface area contributed by atoms with Crippen molar-refractivity contribution in [1.29, 1.82) is 0 Å². The zero-order valence-corrected chi connectivity index (χ0v) is 16.1. The number of ether oxygens (including phenoxy) is 1. The monoisotopic (exact) mass is 404 g/mol. The summed E-state index contributed by atoms with van der Waals surface area (Å²) in [6.45, 7) is 0.128. The van der Waals surface area contributed by atoms with Crippen LogP contribution in [0.5, 0.6) is 0 Å². The average molecular weight is 404 g/mol. The van der Waals surface area contributed by atoms with Crippen molar-refractivity contribution in [2.45, 2.75) is 25.5 Å². The third-order valence-corrected chi connectivity index (χ3v) is 6.33. The van der Waals surface area contributed by atoms with Gasteiger partial charge in [-0.05, 0) is 36.4 Å². The zero-order valence-electron chi connectivity index (χ0n) is 14.5. The van der Waals surface area contributed by atoms with Crippen molar-refractivity contribution in [3.05, 3.63) is 51.5 Å². The Bertz CT molecular complexity index is 1020. The molecule has 1 aliphatic rings. The minimum atomic E-state index is -0.379. The highest BCUT2D eigenvalue weighted by atomic mass is 32.1.